The molecule has 0 aromatic heterocycles. The first-order valence-electron chi connectivity index (χ1n) is 14.1. The van der Waals surface area contributed by atoms with Crippen LogP contribution in [0.2, 0.25) is 0 Å². The van der Waals surface area contributed by atoms with Crippen LogP contribution in [0.5, 0.6) is 0 Å². The molecular formula is C30H50O3. The third-order valence-electron chi connectivity index (χ3n) is 12.7. The van der Waals surface area contributed by atoms with Gasteiger partial charge in [0.2, 0.25) is 0 Å². The number of aliphatic hydroxyl groups excluding tert-OH is 2. The molecule has 33 heavy (non-hydrogen) atoms. The van der Waals surface area contributed by atoms with Gasteiger partial charge in [-0.25, -0.2) is 0 Å². The summed E-state index contributed by atoms with van der Waals surface area (Å²) in [5.41, 5.74) is 4.48. The Hall–Kier alpha value is -0.380. The third-order valence-corrected chi connectivity index (χ3v) is 12.7. The smallest absolute Gasteiger partial charge is 0.157 e. The van der Waals surface area contributed by atoms with E-state index in [0.717, 1.165) is 25.7 Å². The molecule has 10 atom stereocenters. The van der Waals surface area contributed by atoms with E-state index < -0.39 is 6.29 Å². The molecule has 0 radical (unpaired) electrons. The lowest BCUT2D eigenvalue weighted by molar-refractivity contribution is -0.209. The highest BCUT2D eigenvalue weighted by molar-refractivity contribution is 5.38. The number of fused-ring (bicyclic) bond motifs is 4. The summed E-state index contributed by atoms with van der Waals surface area (Å²) in [4.78, 5) is 0. The number of allylic oxidation sites excluding steroid dienone is 2. The Morgan fingerprint density at radius 1 is 0.848 bits per heavy atom. The van der Waals surface area contributed by atoms with Crippen molar-refractivity contribution in [1.29, 1.82) is 0 Å². The summed E-state index contributed by atoms with van der Waals surface area (Å²) in [7, 11) is 0. The molecule has 0 amide bonds. The summed E-state index contributed by atoms with van der Waals surface area (Å²) in [6.07, 6.45) is 11.3. The molecule has 2 N–H and O–H groups in total. The average molecular weight is 459 g/mol. The van der Waals surface area contributed by atoms with E-state index in [1.807, 2.05) is 5.57 Å². The van der Waals surface area contributed by atoms with E-state index in [9.17, 15) is 10.2 Å². The molecule has 0 aromatic rings. The van der Waals surface area contributed by atoms with Crippen LogP contribution in [0.15, 0.2) is 11.1 Å². The van der Waals surface area contributed by atoms with Gasteiger partial charge in [0.15, 0.2) is 6.29 Å². The molecule has 1 heterocycles. The van der Waals surface area contributed by atoms with Gasteiger partial charge in [-0.1, -0.05) is 59.6 Å². The minimum atomic E-state index is -0.590. The zero-order valence-electron chi connectivity index (χ0n) is 22.4. The maximum absolute atomic E-state index is 10.8. The second kappa shape index (κ2) is 7.81. The normalized spacial score (nSPS) is 52.6. The molecule has 2 saturated carbocycles. The van der Waals surface area contributed by atoms with Gasteiger partial charge in [-0.3, -0.25) is 0 Å². The van der Waals surface area contributed by atoms with Crippen LogP contribution < -0.4 is 0 Å². The van der Waals surface area contributed by atoms with Gasteiger partial charge < -0.3 is 14.9 Å². The van der Waals surface area contributed by atoms with Crippen LogP contribution in [0.25, 0.3) is 0 Å². The number of ether oxygens (including phenoxy) is 1. The molecule has 5 rings (SSSR count). The van der Waals surface area contributed by atoms with Gasteiger partial charge in [0.25, 0.3) is 0 Å². The SMILES string of the molecule is C[C@H]([C@@H]1CC[C@H](C)C(O)O1)[C@H]1CC[C@@]2(C)C3=C(CC[C@]12C)[C@@]1(C)CCC(O)C(C)(C)C1CC3. The van der Waals surface area contributed by atoms with Gasteiger partial charge in [-0.05, 0) is 104 Å². The number of hydrogen-bond donors (Lipinski definition) is 2. The predicted octanol–water partition coefficient (Wildman–Crippen LogP) is 6.87. The van der Waals surface area contributed by atoms with E-state index >= 15 is 0 Å². The van der Waals surface area contributed by atoms with Gasteiger partial charge in [0, 0.05) is 5.92 Å². The Labute approximate surface area is 202 Å². The fraction of sp³-hybridized carbons (Fsp3) is 0.933. The number of aliphatic hydroxyl groups is 2. The van der Waals surface area contributed by atoms with E-state index in [2.05, 4.69) is 48.5 Å². The first-order chi connectivity index (χ1) is 15.4. The predicted molar refractivity (Wildman–Crippen MR) is 133 cm³/mol. The molecule has 0 aromatic carbocycles. The van der Waals surface area contributed by atoms with Crippen molar-refractivity contribution in [3.63, 3.8) is 0 Å². The zero-order valence-corrected chi connectivity index (χ0v) is 22.4. The Morgan fingerprint density at radius 3 is 2.27 bits per heavy atom. The maximum Gasteiger partial charge on any atom is 0.157 e. The van der Waals surface area contributed by atoms with Gasteiger partial charge in [0.05, 0.1) is 12.2 Å². The summed E-state index contributed by atoms with van der Waals surface area (Å²) >= 11 is 0. The van der Waals surface area contributed by atoms with E-state index in [4.69, 9.17) is 4.74 Å². The third kappa shape index (κ3) is 3.23. The molecule has 0 bridgehead atoms. The van der Waals surface area contributed by atoms with Crippen molar-refractivity contribution in [1.82, 2.24) is 0 Å². The standard InChI is InChI=1S/C30H50O3/c1-18-8-10-23(33-26(18)32)19(2)20-12-16-30(7)22-9-11-24-27(3,4)25(31)14-15-28(24,5)21(22)13-17-29(20,30)6/h18-20,23-26,31-32H,8-17H2,1-7H3/t18-,19-,20+,23-,24?,25?,26?,28+,29+,30-/m0/s1. The van der Waals surface area contributed by atoms with Gasteiger partial charge >= 0.3 is 0 Å². The summed E-state index contributed by atoms with van der Waals surface area (Å²) in [6.45, 7) is 17.0. The van der Waals surface area contributed by atoms with Crippen molar-refractivity contribution < 1.29 is 14.9 Å². The zero-order chi connectivity index (χ0) is 24.0. The second-order valence-electron chi connectivity index (χ2n) is 14.2. The van der Waals surface area contributed by atoms with Gasteiger partial charge in [-0.2, -0.15) is 0 Å². The van der Waals surface area contributed by atoms with Crippen LogP contribution in [0, 0.1) is 45.3 Å². The minimum Gasteiger partial charge on any atom is -0.393 e. The van der Waals surface area contributed by atoms with E-state index in [0.29, 0.717) is 23.2 Å². The largest absolute Gasteiger partial charge is 0.393 e. The van der Waals surface area contributed by atoms with E-state index in [1.165, 1.54) is 38.5 Å². The molecule has 3 nitrogen and oxygen atoms in total. The Kier molecular flexibility index (Phi) is 5.75. The van der Waals surface area contributed by atoms with Crippen molar-refractivity contribution in [2.75, 3.05) is 0 Å². The molecule has 5 aliphatic rings. The van der Waals surface area contributed by atoms with Crippen LogP contribution in [0.1, 0.15) is 113 Å². The lowest BCUT2D eigenvalue weighted by atomic mass is 9.43. The summed E-state index contributed by atoms with van der Waals surface area (Å²) in [5.74, 6) is 2.01. The molecule has 188 valence electrons. The second-order valence-corrected chi connectivity index (χ2v) is 14.2. The fourth-order valence-electron chi connectivity index (χ4n) is 10.2. The molecule has 3 fully saturated rings. The fourth-order valence-corrected chi connectivity index (χ4v) is 10.2. The number of hydrogen-bond acceptors (Lipinski definition) is 3. The molecule has 0 spiro atoms. The molecule has 3 unspecified atom stereocenters. The first kappa shape index (κ1) is 24.3. The quantitative estimate of drug-likeness (QED) is 0.444. The molecule has 1 aliphatic heterocycles. The Balaban J connectivity index is 1.46. The highest BCUT2D eigenvalue weighted by Gasteiger charge is 2.63. The van der Waals surface area contributed by atoms with Crippen LogP contribution in [-0.4, -0.2) is 28.7 Å². The molecule has 3 heteroatoms. The van der Waals surface area contributed by atoms with Gasteiger partial charge in [-0.15, -0.1) is 0 Å². The van der Waals surface area contributed by atoms with Crippen LogP contribution >= 0.6 is 0 Å². The highest BCUT2D eigenvalue weighted by atomic mass is 16.6. The van der Waals surface area contributed by atoms with Crippen LogP contribution in [0.4, 0.5) is 0 Å². The van der Waals surface area contributed by atoms with Crippen molar-refractivity contribution in [3.8, 4) is 0 Å². The summed E-state index contributed by atoms with van der Waals surface area (Å²) < 4.78 is 6.18. The number of rotatable bonds is 2. The van der Waals surface area contributed by atoms with Gasteiger partial charge in [0.1, 0.15) is 0 Å². The molecule has 4 aliphatic carbocycles. The highest BCUT2D eigenvalue weighted by Crippen LogP contribution is 2.72. The molecule has 1 saturated heterocycles. The summed E-state index contributed by atoms with van der Waals surface area (Å²) in [5, 5.41) is 21.2. The van der Waals surface area contributed by atoms with Crippen LogP contribution in [-0.2, 0) is 4.74 Å². The van der Waals surface area contributed by atoms with Crippen LogP contribution in [0.3, 0.4) is 0 Å². The van der Waals surface area contributed by atoms with E-state index in [-0.39, 0.29) is 34.4 Å². The van der Waals surface area contributed by atoms with Crippen molar-refractivity contribution in [2.24, 2.45) is 45.3 Å². The lowest BCUT2D eigenvalue weighted by Crippen LogP contribution is -2.55. The lowest BCUT2D eigenvalue weighted by Gasteiger charge is -2.62. The average Bonchev–Trinajstić information content (AvgIpc) is 3.04. The Morgan fingerprint density at radius 2 is 1.58 bits per heavy atom. The minimum absolute atomic E-state index is 0.0101. The first-order valence-corrected chi connectivity index (χ1v) is 14.1. The van der Waals surface area contributed by atoms with Crippen molar-refractivity contribution in [2.45, 2.75) is 131 Å². The molecular weight excluding hydrogens is 408 g/mol. The topological polar surface area (TPSA) is 49.7 Å². The monoisotopic (exact) mass is 458 g/mol. The van der Waals surface area contributed by atoms with E-state index in [1.54, 1.807) is 5.57 Å². The summed E-state index contributed by atoms with van der Waals surface area (Å²) in [6, 6.07) is 0. The van der Waals surface area contributed by atoms with Crippen molar-refractivity contribution in [3.05, 3.63) is 11.1 Å². The maximum atomic E-state index is 10.8. The Bertz CT molecular complexity index is 815. The van der Waals surface area contributed by atoms with Crippen molar-refractivity contribution >= 4 is 0 Å².